The second-order valence-electron chi connectivity index (χ2n) is 25.8. The van der Waals surface area contributed by atoms with Gasteiger partial charge in [0, 0.05) is 82.1 Å². The third kappa shape index (κ3) is 10.1. The number of fused-ring (bicyclic) bond motifs is 5. The van der Waals surface area contributed by atoms with Crippen molar-refractivity contribution in [2.24, 2.45) is 0 Å². The van der Waals surface area contributed by atoms with Gasteiger partial charge in [-0.2, -0.15) is 12.1 Å². The summed E-state index contributed by atoms with van der Waals surface area (Å²) in [4.78, 5) is 9.73. The summed E-state index contributed by atoms with van der Waals surface area (Å²) in [5.41, 5.74) is 18.6. The summed E-state index contributed by atoms with van der Waals surface area (Å²) in [6.45, 7) is 22.4. The summed E-state index contributed by atoms with van der Waals surface area (Å²) in [5, 5.41) is 1.97. The van der Waals surface area contributed by atoms with Crippen LogP contribution < -0.4 is 14.5 Å². The Morgan fingerprint density at radius 1 is 0.530 bits per heavy atom. The molecule has 83 heavy (non-hydrogen) atoms. The number of para-hydroxylation sites is 2. The van der Waals surface area contributed by atoms with Crippen LogP contribution in [0.1, 0.15) is 114 Å². The maximum atomic E-state index is 9.06. The predicted octanol–water partition coefficient (Wildman–Crippen LogP) is 20.9. The van der Waals surface area contributed by atoms with Crippen LogP contribution in [0.2, 0.25) is 0 Å². The molecular weight excluding hydrogens is 1190 g/mol. The fourth-order valence-electron chi connectivity index (χ4n) is 12.5. The van der Waals surface area contributed by atoms with Gasteiger partial charge in [-0.1, -0.05) is 202 Å². The number of ether oxygens (including phenoxy) is 1. The Balaban J connectivity index is 0.00000724. The van der Waals surface area contributed by atoms with Gasteiger partial charge < -0.3 is 19.1 Å². The molecule has 0 fully saturated rings. The van der Waals surface area contributed by atoms with E-state index in [1.165, 1.54) is 33.4 Å². The van der Waals surface area contributed by atoms with E-state index in [-0.39, 0.29) is 48.3 Å². The molecule has 11 aromatic rings. The first-order chi connectivity index (χ1) is 40.5. The minimum absolute atomic E-state index is 0. The van der Waals surface area contributed by atoms with Crippen molar-refractivity contribution >= 4 is 44.6 Å². The molecule has 0 amide bonds. The van der Waals surface area contributed by atoms with Crippen LogP contribution in [0.3, 0.4) is 0 Å². The molecule has 418 valence electrons. The van der Waals surface area contributed by atoms with Gasteiger partial charge in [0.1, 0.15) is 5.82 Å². The molecule has 6 heteroatoms. The molecule has 0 saturated heterocycles. The van der Waals surface area contributed by atoms with E-state index in [2.05, 4.69) is 268 Å². The van der Waals surface area contributed by atoms with Crippen molar-refractivity contribution in [3.05, 3.63) is 247 Å². The van der Waals surface area contributed by atoms with E-state index in [0.29, 0.717) is 22.9 Å². The fraction of sp³-hybridized carbons (Fsp3) is 0.221. The van der Waals surface area contributed by atoms with Gasteiger partial charge in [0.15, 0.2) is 0 Å². The third-order valence-corrected chi connectivity index (χ3v) is 17.2. The molecular formula is C77H71N4OPt-3. The average molecular weight is 1270 g/mol. The van der Waals surface area contributed by atoms with Crippen molar-refractivity contribution < 1.29 is 29.9 Å². The smallest absolute Gasteiger partial charge is 0.135 e. The van der Waals surface area contributed by atoms with Gasteiger partial charge in [0.25, 0.3) is 0 Å². The van der Waals surface area contributed by atoms with Gasteiger partial charge in [-0.3, -0.25) is 0 Å². The molecule has 13 rings (SSSR count). The van der Waals surface area contributed by atoms with Crippen molar-refractivity contribution in [3.8, 4) is 61.8 Å². The van der Waals surface area contributed by atoms with E-state index in [9.17, 15) is 0 Å². The Morgan fingerprint density at radius 3 is 1.82 bits per heavy atom. The Morgan fingerprint density at radius 2 is 1.13 bits per heavy atom. The van der Waals surface area contributed by atoms with Crippen LogP contribution in [0.5, 0.6) is 11.5 Å². The number of aromatic nitrogens is 2. The quantitative estimate of drug-likeness (QED) is 0.135. The van der Waals surface area contributed by atoms with Gasteiger partial charge in [0.2, 0.25) is 0 Å². The predicted molar refractivity (Wildman–Crippen MR) is 343 cm³/mol. The van der Waals surface area contributed by atoms with Crippen molar-refractivity contribution in [1.29, 1.82) is 0 Å². The van der Waals surface area contributed by atoms with Gasteiger partial charge in [0.05, 0.1) is 0 Å². The molecule has 0 bridgehead atoms. The van der Waals surface area contributed by atoms with E-state index >= 15 is 0 Å². The van der Waals surface area contributed by atoms with Crippen molar-refractivity contribution in [1.82, 2.24) is 9.55 Å². The number of aryl methyl sites for hydroxylation is 1. The van der Waals surface area contributed by atoms with E-state index in [1.54, 1.807) is 12.3 Å². The molecule has 0 N–H and O–H groups in total. The minimum Gasteiger partial charge on any atom is -0.509 e. The summed E-state index contributed by atoms with van der Waals surface area (Å²) >= 11 is 0. The average Bonchev–Trinajstić information content (AvgIpc) is 1.40. The van der Waals surface area contributed by atoms with Crippen molar-refractivity contribution in [2.75, 3.05) is 9.80 Å². The molecule has 1 aliphatic carbocycles. The summed E-state index contributed by atoms with van der Waals surface area (Å²) in [6, 6.07) is 75.6. The Kier molecular flexibility index (Phi) is 13.1. The van der Waals surface area contributed by atoms with Crippen LogP contribution >= 0.6 is 0 Å². The Hall–Kier alpha value is -7.98. The first kappa shape index (κ1) is 51.9. The standard InChI is InChI=1S/C77H71N4O.Pt/c1-50-42-71(78-48-65(50)61-28-21-29-66-72(61)77(10,11)41-40-76(66,8)9)81-67-39-36-55(74(2,3)4)43-64(67)60-38-37-59(47-70(60)81)82-58-27-20-26-57(46-58)79-49-80(69-31-19-18-30-68(69)79)73-62(53-24-16-13-17-25-53)44-56(75(5,6)7)45-63(73)54-34-32-52(33-35-54)51-22-14-12-15-23-51;/h12-39,42-45,48-49H,40-41H2,1-11H3;/q-3;/i1D3;. The number of pyridine rings is 1. The monoisotopic (exact) mass is 1270 g/mol. The SMILES string of the molecule is [2H]C([2H])([2H])c1cc(-n2c3[c-]c(Oc4[c-]c(N5[CH-]N(c6c(-c7ccccc7)cc(C(C)(C)C)cc6-c6ccc(-c7ccccc7)cc6)c6ccccc65)ccc4)ccc3c3cc(C(C)(C)C)ccc32)ncc1-c1cccc2c1C(C)(C)CCC2(C)C.[Pt]. The minimum atomic E-state index is -2.44. The molecule has 0 radical (unpaired) electrons. The number of hydrogen-bond donors (Lipinski definition) is 0. The summed E-state index contributed by atoms with van der Waals surface area (Å²) in [7, 11) is 0. The van der Waals surface area contributed by atoms with E-state index in [4.69, 9.17) is 13.8 Å². The zero-order chi connectivity index (χ0) is 59.4. The summed E-state index contributed by atoms with van der Waals surface area (Å²) in [5.74, 6) is 1.49. The van der Waals surface area contributed by atoms with Crippen LogP contribution in [0, 0.1) is 25.7 Å². The molecule has 0 atom stereocenters. The van der Waals surface area contributed by atoms with Crippen LogP contribution in [-0.2, 0) is 42.7 Å². The Labute approximate surface area is 510 Å². The van der Waals surface area contributed by atoms with Crippen LogP contribution in [-0.4, -0.2) is 9.55 Å². The third-order valence-electron chi connectivity index (χ3n) is 17.2. The molecule has 9 aromatic carbocycles. The molecule has 0 saturated carbocycles. The second kappa shape index (κ2) is 21.0. The number of benzene rings is 9. The molecule has 0 spiro atoms. The molecule has 5 nitrogen and oxygen atoms in total. The summed E-state index contributed by atoms with van der Waals surface area (Å²) < 4.78 is 36.1. The number of anilines is 4. The second-order valence-corrected chi connectivity index (χ2v) is 25.8. The number of hydrogen-bond acceptors (Lipinski definition) is 4. The number of rotatable bonds is 9. The van der Waals surface area contributed by atoms with Crippen LogP contribution in [0.15, 0.2) is 200 Å². The van der Waals surface area contributed by atoms with E-state index in [1.807, 2.05) is 22.8 Å². The van der Waals surface area contributed by atoms with Gasteiger partial charge in [-0.25, -0.2) is 4.98 Å². The number of nitrogens with zero attached hydrogens (tertiary/aromatic N) is 4. The first-order valence-corrected chi connectivity index (χ1v) is 28.8. The molecule has 1 aliphatic heterocycles. The Bertz CT molecular complexity index is 4380. The van der Waals surface area contributed by atoms with Gasteiger partial charge in [-0.15, -0.1) is 48.1 Å². The van der Waals surface area contributed by atoms with E-state index < -0.39 is 6.85 Å². The van der Waals surface area contributed by atoms with Crippen molar-refractivity contribution in [3.63, 3.8) is 0 Å². The summed E-state index contributed by atoms with van der Waals surface area (Å²) in [6.07, 6.45) is 3.84. The van der Waals surface area contributed by atoms with Gasteiger partial charge >= 0.3 is 0 Å². The zero-order valence-electron chi connectivity index (χ0n) is 52.1. The maximum absolute atomic E-state index is 9.06. The first-order valence-electron chi connectivity index (χ1n) is 30.3. The molecule has 2 aliphatic rings. The van der Waals surface area contributed by atoms with Gasteiger partial charge in [-0.05, 0) is 139 Å². The topological polar surface area (TPSA) is 33.5 Å². The molecule has 2 aromatic heterocycles. The zero-order valence-corrected chi connectivity index (χ0v) is 51.3. The van der Waals surface area contributed by atoms with Crippen molar-refractivity contribution in [2.45, 2.75) is 111 Å². The fourth-order valence-corrected chi connectivity index (χ4v) is 12.5. The normalized spacial score (nSPS) is 15.3. The van der Waals surface area contributed by atoms with E-state index in [0.717, 1.165) is 85.2 Å². The molecule has 3 heterocycles. The molecule has 0 unspecified atom stereocenters. The largest absolute Gasteiger partial charge is 0.509 e. The van der Waals surface area contributed by atoms with Crippen LogP contribution in [0.4, 0.5) is 22.7 Å². The van der Waals surface area contributed by atoms with Crippen LogP contribution in [0.25, 0.3) is 72.1 Å². The maximum Gasteiger partial charge on any atom is 0.135 e.